The van der Waals surface area contributed by atoms with Gasteiger partial charge >= 0.3 is 0 Å². The normalized spacial score (nSPS) is 11.1. The summed E-state index contributed by atoms with van der Waals surface area (Å²) < 4.78 is 27.5. The van der Waals surface area contributed by atoms with Crippen LogP contribution in [0.3, 0.4) is 0 Å². The Morgan fingerprint density at radius 2 is 1.73 bits per heavy atom. The van der Waals surface area contributed by atoms with Gasteiger partial charge < -0.3 is 0 Å². The van der Waals surface area contributed by atoms with Crippen LogP contribution in [-0.2, 0) is 0 Å². The van der Waals surface area contributed by atoms with Gasteiger partial charge in [0.15, 0.2) is 0 Å². The third-order valence-corrected chi connectivity index (χ3v) is 1.73. The Hall–Kier alpha value is -2.11. The highest BCUT2D eigenvalue weighted by Crippen LogP contribution is 2.09. The van der Waals surface area contributed by atoms with Crippen LogP contribution in [0, 0.1) is 11.6 Å². The van der Waals surface area contributed by atoms with Gasteiger partial charge in [-0.1, -0.05) is 6.07 Å². The molecule has 0 bridgehead atoms. The second kappa shape index (κ2) is 3.95. The Morgan fingerprint density at radius 1 is 1.13 bits per heavy atom. The summed E-state index contributed by atoms with van der Waals surface area (Å²) >= 11 is 0. The summed E-state index contributed by atoms with van der Waals surface area (Å²) in [6.45, 7) is 0. The number of hydrogen-bond acceptors (Lipinski definition) is 3. The minimum absolute atomic E-state index is 0.189. The summed E-state index contributed by atoms with van der Waals surface area (Å²) in [6, 6.07) is 3.62. The van der Waals surface area contributed by atoms with E-state index >= 15 is 0 Å². The molecule has 4 nitrogen and oxygen atoms in total. The van der Waals surface area contributed by atoms with E-state index < -0.39 is 11.6 Å². The maximum atomic E-state index is 13.1. The Balaban J connectivity index is 2.32. The van der Waals surface area contributed by atoms with Crippen LogP contribution < -0.4 is 0 Å². The van der Waals surface area contributed by atoms with E-state index in [1.807, 2.05) is 0 Å². The molecule has 0 N–H and O–H groups in total. The largest absolute Gasteiger partial charge is 0.208 e. The third kappa shape index (κ3) is 2.04. The van der Waals surface area contributed by atoms with E-state index in [0.29, 0.717) is 0 Å². The monoisotopic (exact) mass is 208 g/mol. The summed E-state index contributed by atoms with van der Waals surface area (Å²) in [4.78, 5) is 0. The molecule has 0 saturated heterocycles. The van der Waals surface area contributed by atoms with Gasteiger partial charge in [-0.25, -0.2) is 13.5 Å². The van der Waals surface area contributed by atoms with Crippen LogP contribution in [0.4, 0.5) is 8.78 Å². The van der Waals surface area contributed by atoms with Gasteiger partial charge in [-0.15, -0.1) is 10.2 Å². The Bertz CT molecular complexity index is 459. The van der Waals surface area contributed by atoms with Crippen LogP contribution in [-0.4, -0.2) is 21.1 Å². The number of hydrogen-bond donors (Lipinski definition) is 0. The van der Waals surface area contributed by atoms with Crippen molar-refractivity contribution < 1.29 is 8.78 Å². The highest BCUT2D eigenvalue weighted by Gasteiger charge is 2.04. The predicted octanol–water partition coefficient (Wildman–Crippen LogP) is 1.44. The van der Waals surface area contributed by atoms with Gasteiger partial charge in [-0.05, 0) is 12.1 Å². The molecule has 1 heterocycles. The molecular formula is C9H6F2N4. The molecule has 1 aromatic heterocycles. The topological polar surface area (TPSA) is 43.1 Å². The number of aromatic nitrogens is 3. The standard InChI is InChI=1S/C9H6F2N4/c10-8-2-1-3-9(11)7(8)4-14-15-5-12-13-6-15/h1-6H/b14-4+. The zero-order chi connectivity index (χ0) is 10.7. The molecule has 1 aromatic carbocycles. The van der Waals surface area contributed by atoms with Crippen molar-refractivity contribution in [3.05, 3.63) is 48.1 Å². The third-order valence-electron chi connectivity index (χ3n) is 1.73. The first-order valence-electron chi connectivity index (χ1n) is 4.10. The summed E-state index contributed by atoms with van der Waals surface area (Å²) in [5.74, 6) is -1.32. The Morgan fingerprint density at radius 3 is 2.33 bits per heavy atom. The second-order valence-electron chi connectivity index (χ2n) is 2.72. The summed E-state index contributed by atoms with van der Waals surface area (Å²) in [5.41, 5.74) is -0.189. The van der Waals surface area contributed by atoms with Gasteiger partial charge in [0, 0.05) is 0 Å². The van der Waals surface area contributed by atoms with Crippen molar-refractivity contribution in [1.29, 1.82) is 0 Å². The maximum absolute atomic E-state index is 13.1. The van der Waals surface area contributed by atoms with E-state index in [0.717, 1.165) is 18.3 Å². The molecule has 2 rings (SSSR count). The molecule has 0 spiro atoms. The molecule has 2 aromatic rings. The zero-order valence-corrected chi connectivity index (χ0v) is 7.51. The molecule has 0 radical (unpaired) electrons. The van der Waals surface area contributed by atoms with Gasteiger partial charge in [0.1, 0.15) is 24.3 Å². The van der Waals surface area contributed by atoms with Crippen molar-refractivity contribution in [2.45, 2.75) is 0 Å². The molecule has 0 unspecified atom stereocenters. The smallest absolute Gasteiger partial charge is 0.141 e. The van der Waals surface area contributed by atoms with E-state index in [4.69, 9.17) is 0 Å². The van der Waals surface area contributed by atoms with Gasteiger partial charge in [0.05, 0.1) is 11.8 Å². The molecule has 6 heteroatoms. The summed E-state index contributed by atoms with van der Waals surface area (Å²) in [5, 5.41) is 10.7. The highest BCUT2D eigenvalue weighted by atomic mass is 19.1. The number of benzene rings is 1. The fraction of sp³-hybridized carbons (Fsp3) is 0. The minimum atomic E-state index is -0.660. The van der Waals surface area contributed by atoms with Crippen LogP contribution in [0.15, 0.2) is 36.0 Å². The van der Waals surface area contributed by atoms with E-state index in [9.17, 15) is 8.78 Å². The second-order valence-corrected chi connectivity index (χ2v) is 2.72. The van der Waals surface area contributed by atoms with Gasteiger partial charge in [0.2, 0.25) is 0 Å². The molecule has 0 amide bonds. The minimum Gasteiger partial charge on any atom is -0.208 e. The van der Waals surface area contributed by atoms with E-state index in [2.05, 4.69) is 15.3 Å². The van der Waals surface area contributed by atoms with Crippen LogP contribution in [0.25, 0.3) is 0 Å². The van der Waals surface area contributed by atoms with E-state index in [1.54, 1.807) is 0 Å². The lowest BCUT2D eigenvalue weighted by Crippen LogP contribution is -1.95. The van der Waals surface area contributed by atoms with Crippen molar-refractivity contribution >= 4 is 6.21 Å². The lowest BCUT2D eigenvalue weighted by Gasteiger charge is -1.97. The number of nitrogens with zero attached hydrogens (tertiary/aromatic N) is 4. The SMILES string of the molecule is Fc1cccc(F)c1/C=N/n1cnnc1. The summed E-state index contributed by atoms with van der Waals surface area (Å²) in [6.07, 6.45) is 3.71. The number of halogens is 2. The fourth-order valence-corrected chi connectivity index (χ4v) is 1.01. The van der Waals surface area contributed by atoms with Crippen LogP contribution in [0.2, 0.25) is 0 Å². The lowest BCUT2D eigenvalue weighted by atomic mass is 10.2. The average molecular weight is 208 g/mol. The van der Waals surface area contributed by atoms with Crippen LogP contribution >= 0.6 is 0 Å². The molecule has 0 saturated carbocycles. The van der Waals surface area contributed by atoms with Gasteiger partial charge in [-0.2, -0.15) is 5.10 Å². The average Bonchev–Trinajstić information content (AvgIpc) is 2.70. The van der Waals surface area contributed by atoms with Crippen LogP contribution in [0.5, 0.6) is 0 Å². The van der Waals surface area contributed by atoms with Crippen molar-refractivity contribution in [3.8, 4) is 0 Å². The van der Waals surface area contributed by atoms with Crippen molar-refractivity contribution in [2.75, 3.05) is 0 Å². The predicted molar refractivity (Wildman–Crippen MR) is 49.4 cm³/mol. The van der Waals surface area contributed by atoms with Gasteiger partial charge in [-0.3, -0.25) is 0 Å². The first kappa shape index (κ1) is 9.45. The molecule has 0 atom stereocenters. The molecule has 0 aliphatic rings. The number of rotatable bonds is 2. The quantitative estimate of drug-likeness (QED) is 0.701. The maximum Gasteiger partial charge on any atom is 0.141 e. The molecule has 15 heavy (non-hydrogen) atoms. The molecule has 0 aliphatic heterocycles. The Labute approximate surface area is 83.9 Å². The summed E-state index contributed by atoms with van der Waals surface area (Å²) in [7, 11) is 0. The highest BCUT2D eigenvalue weighted by molar-refractivity contribution is 5.80. The van der Waals surface area contributed by atoms with Crippen LogP contribution in [0.1, 0.15) is 5.56 Å². The van der Waals surface area contributed by atoms with E-state index in [-0.39, 0.29) is 5.56 Å². The Kier molecular flexibility index (Phi) is 2.49. The van der Waals surface area contributed by atoms with Gasteiger partial charge in [0.25, 0.3) is 0 Å². The molecule has 76 valence electrons. The lowest BCUT2D eigenvalue weighted by molar-refractivity contribution is 0.580. The molecular weight excluding hydrogens is 202 g/mol. The first-order valence-corrected chi connectivity index (χ1v) is 4.10. The van der Waals surface area contributed by atoms with Crippen molar-refractivity contribution in [3.63, 3.8) is 0 Å². The first-order chi connectivity index (χ1) is 7.27. The molecule has 0 fully saturated rings. The zero-order valence-electron chi connectivity index (χ0n) is 7.51. The van der Waals surface area contributed by atoms with Crippen molar-refractivity contribution in [1.82, 2.24) is 14.9 Å². The fourth-order valence-electron chi connectivity index (χ4n) is 1.01. The van der Waals surface area contributed by atoms with E-state index in [1.165, 1.54) is 23.4 Å². The van der Waals surface area contributed by atoms with Crippen molar-refractivity contribution in [2.24, 2.45) is 5.10 Å². The molecule has 0 aliphatic carbocycles.